The van der Waals surface area contributed by atoms with E-state index in [0.29, 0.717) is 36.8 Å². The van der Waals surface area contributed by atoms with Gasteiger partial charge in [-0.05, 0) is 48.2 Å². The fourth-order valence-corrected chi connectivity index (χ4v) is 3.87. The summed E-state index contributed by atoms with van der Waals surface area (Å²) in [5.41, 5.74) is 2.19. The smallest absolute Gasteiger partial charge is 0.257 e. The minimum atomic E-state index is -0.907. The van der Waals surface area contributed by atoms with Crippen LogP contribution in [0.1, 0.15) is 38.3 Å². The number of carbonyl (C=O) groups excluding carboxylic acids is 2. The van der Waals surface area contributed by atoms with Gasteiger partial charge < -0.3 is 15.0 Å². The van der Waals surface area contributed by atoms with Crippen molar-refractivity contribution in [2.45, 2.75) is 19.4 Å². The molecule has 0 aromatic heterocycles. The predicted molar refractivity (Wildman–Crippen MR) is 120 cm³/mol. The van der Waals surface area contributed by atoms with Gasteiger partial charge in [0, 0.05) is 19.2 Å². The average Bonchev–Trinajstić information content (AvgIpc) is 2.81. The van der Waals surface area contributed by atoms with Crippen LogP contribution >= 0.6 is 0 Å². The molecule has 1 N–H and O–H groups in total. The van der Waals surface area contributed by atoms with E-state index in [4.69, 9.17) is 4.74 Å². The molecule has 2 amide bonds. The van der Waals surface area contributed by atoms with E-state index in [9.17, 15) is 18.4 Å². The maximum absolute atomic E-state index is 14.4. The Morgan fingerprint density at radius 1 is 0.970 bits per heavy atom. The summed E-state index contributed by atoms with van der Waals surface area (Å²) in [5.74, 6) is -2.02. The lowest BCUT2D eigenvalue weighted by Crippen LogP contribution is -2.35. The molecular formula is C26H24F2N2O3. The molecule has 0 unspecified atom stereocenters. The van der Waals surface area contributed by atoms with Crippen LogP contribution in [0.25, 0.3) is 0 Å². The number of nitrogens with one attached hydrogen (secondary N) is 1. The Morgan fingerprint density at radius 2 is 1.73 bits per heavy atom. The number of carbonyl (C=O) groups is 2. The third kappa shape index (κ3) is 5.37. The van der Waals surface area contributed by atoms with Gasteiger partial charge in [0.25, 0.3) is 11.8 Å². The second-order valence-corrected chi connectivity index (χ2v) is 7.82. The van der Waals surface area contributed by atoms with E-state index < -0.39 is 17.5 Å². The molecule has 0 fully saturated rings. The number of halogens is 2. The quantitative estimate of drug-likeness (QED) is 0.599. The lowest BCUT2D eigenvalue weighted by Gasteiger charge is -2.25. The Labute approximate surface area is 191 Å². The summed E-state index contributed by atoms with van der Waals surface area (Å²) in [4.78, 5) is 27.3. The predicted octanol–water partition coefficient (Wildman–Crippen LogP) is 4.36. The van der Waals surface area contributed by atoms with E-state index in [2.05, 4.69) is 5.32 Å². The first-order valence-electron chi connectivity index (χ1n) is 10.8. The second kappa shape index (κ2) is 10.3. The molecule has 170 valence electrons. The van der Waals surface area contributed by atoms with Gasteiger partial charge in [-0.25, -0.2) is 8.78 Å². The molecule has 4 rings (SSSR count). The van der Waals surface area contributed by atoms with Crippen molar-refractivity contribution in [3.8, 4) is 5.75 Å². The van der Waals surface area contributed by atoms with Gasteiger partial charge in [-0.15, -0.1) is 0 Å². The van der Waals surface area contributed by atoms with Gasteiger partial charge in [-0.2, -0.15) is 0 Å². The summed E-state index contributed by atoms with van der Waals surface area (Å²) in [5, 5.41) is 2.93. The van der Waals surface area contributed by atoms with E-state index in [1.807, 2.05) is 24.3 Å². The van der Waals surface area contributed by atoms with Crippen molar-refractivity contribution in [3.63, 3.8) is 0 Å². The fraction of sp³-hybridized carbons (Fsp3) is 0.231. The molecule has 5 nitrogen and oxygen atoms in total. The van der Waals surface area contributed by atoms with Gasteiger partial charge in [0.1, 0.15) is 24.0 Å². The monoisotopic (exact) mass is 450 g/mol. The van der Waals surface area contributed by atoms with Crippen LogP contribution in [0.5, 0.6) is 5.75 Å². The van der Waals surface area contributed by atoms with Gasteiger partial charge >= 0.3 is 0 Å². The Morgan fingerprint density at radius 3 is 2.55 bits per heavy atom. The molecule has 1 aliphatic rings. The van der Waals surface area contributed by atoms with Crippen molar-refractivity contribution in [1.82, 2.24) is 10.2 Å². The molecule has 0 saturated heterocycles. The summed E-state index contributed by atoms with van der Waals surface area (Å²) >= 11 is 0. The van der Waals surface area contributed by atoms with Crippen LogP contribution < -0.4 is 10.1 Å². The highest BCUT2D eigenvalue weighted by atomic mass is 19.1. The Bertz CT molecular complexity index is 1170. The molecule has 3 aromatic carbocycles. The van der Waals surface area contributed by atoms with E-state index in [-0.39, 0.29) is 31.2 Å². The Hall–Kier alpha value is -3.74. The van der Waals surface area contributed by atoms with Crippen molar-refractivity contribution in [3.05, 3.63) is 101 Å². The molecule has 33 heavy (non-hydrogen) atoms. The maximum Gasteiger partial charge on any atom is 0.257 e. The van der Waals surface area contributed by atoms with Crippen LogP contribution in [0.15, 0.2) is 66.7 Å². The molecule has 1 heterocycles. The summed E-state index contributed by atoms with van der Waals surface area (Å²) in [7, 11) is 0. The minimum Gasteiger partial charge on any atom is -0.491 e. The minimum absolute atomic E-state index is 0.0982. The highest BCUT2D eigenvalue weighted by molar-refractivity contribution is 5.97. The van der Waals surface area contributed by atoms with Gasteiger partial charge in [0.15, 0.2) is 0 Å². The summed E-state index contributed by atoms with van der Waals surface area (Å²) in [6, 6.07) is 17.6. The third-order valence-corrected chi connectivity index (χ3v) is 5.59. The van der Waals surface area contributed by atoms with Gasteiger partial charge in [0.05, 0.1) is 17.7 Å². The number of hydrogen-bond donors (Lipinski definition) is 1. The first-order valence-corrected chi connectivity index (χ1v) is 10.8. The van der Waals surface area contributed by atoms with Crippen LogP contribution in [-0.2, 0) is 13.0 Å². The zero-order valence-electron chi connectivity index (χ0n) is 18.0. The number of hydrogen-bond acceptors (Lipinski definition) is 3. The highest BCUT2D eigenvalue weighted by Crippen LogP contribution is 2.21. The second-order valence-electron chi connectivity index (χ2n) is 7.82. The van der Waals surface area contributed by atoms with Crippen molar-refractivity contribution < 1.29 is 23.1 Å². The summed E-state index contributed by atoms with van der Waals surface area (Å²) < 4.78 is 33.6. The molecule has 0 aliphatic carbocycles. The average molecular weight is 450 g/mol. The molecule has 7 heteroatoms. The van der Waals surface area contributed by atoms with Crippen LogP contribution in [0, 0.1) is 11.6 Å². The molecule has 0 spiro atoms. The molecule has 1 aliphatic heterocycles. The number of fused-ring (bicyclic) bond motifs is 2. The van der Waals surface area contributed by atoms with Gasteiger partial charge in [-0.1, -0.05) is 36.4 Å². The standard InChI is InChI=1S/C26H24F2N2O3/c27-20-11-12-21(23(28)16-20)26(32)30-14-15-33-24-10-4-3-9-22(24)25(31)29-13-5-8-18-6-1-2-7-19(18)17-30/h1-4,6-7,9-12,16H,5,8,13-15,17H2,(H,29,31). The Kier molecular flexibility index (Phi) is 6.98. The van der Waals surface area contributed by atoms with Crippen molar-refractivity contribution in [2.24, 2.45) is 0 Å². The first kappa shape index (κ1) is 22.5. The molecule has 0 saturated carbocycles. The number of benzene rings is 3. The molecule has 3 aromatic rings. The summed E-state index contributed by atoms with van der Waals surface area (Å²) in [6.45, 7) is 0.995. The molecular weight excluding hydrogens is 426 g/mol. The number of aryl methyl sites for hydroxylation is 1. The molecule has 0 atom stereocenters. The highest BCUT2D eigenvalue weighted by Gasteiger charge is 2.22. The van der Waals surface area contributed by atoms with E-state index >= 15 is 0 Å². The maximum atomic E-state index is 14.4. The SMILES string of the molecule is O=C1NCCCc2ccccc2CN(C(=O)c2ccc(F)cc2F)CCOc2ccccc21. The zero-order valence-corrected chi connectivity index (χ0v) is 18.0. The number of nitrogens with zero attached hydrogens (tertiary/aromatic N) is 1. The van der Waals surface area contributed by atoms with Crippen LogP contribution in [0.3, 0.4) is 0 Å². The van der Waals surface area contributed by atoms with Gasteiger partial charge in [0.2, 0.25) is 0 Å². The van der Waals surface area contributed by atoms with Crippen LogP contribution in [0.2, 0.25) is 0 Å². The number of para-hydroxylation sites is 1. The van der Waals surface area contributed by atoms with Gasteiger partial charge in [-0.3, -0.25) is 9.59 Å². The zero-order chi connectivity index (χ0) is 23.2. The third-order valence-electron chi connectivity index (χ3n) is 5.59. The molecule has 0 radical (unpaired) electrons. The molecule has 0 bridgehead atoms. The number of rotatable bonds is 1. The lowest BCUT2D eigenvalue weighted by molar-refractivity contribution is 0.0709. The first-order chi connectivity index (χ1) is 16.0. The summed E-state index contributed by atoms with van der Waals surface area (Å²) in [6.07, 6.45) is 1.42. The van der Waals surface area contributed by atoms with E-state index in [0.717, 1.165) is 23.3 Å². The van der Waals surface area contributed by atoms with E-state index in [1.54, 1.807) is 24.3 Å². The van der Waals surface area contributed by atoms with Crippen molar-refractivity contribution in [1.29, 1.82) is 0 Å². The topological polar surface area (TPSA) is 58.6 Å². The number of amides is 2. The normalized spacial score (nSPS) is 14.8. The largest absolute Gasteiger partial charge is 0.491 e. The fourth-order valence-electron chi connectivity index (χ4n) is 3.87. The van der Waals surface area contributed by atoms with E-state index in [1.165, 1.54) is 4.90 Å². The Balaban J connectivity index is 1.65. The number of ether oxygens (including phenoxy) is 1. The van der Waals surface area contributed by atoms with Crippen LogP contribution in [0.4, 0.5) is 8.78 Å². The van der Waals surface area contributed by atoms with Crippen molar-refractivity contribution in [2.75, 3.05) is 19.7 Å². The van der Waals surface area contributed by atoms with Crippen molar-refractivity contribution >= 4 is 11.8 Å². The lowest BCUT2D eigenvalue weighted by atomic mass is 10.0. The van der Waals surface area contributed by atoms with Crippen LogP contribution in [-0.4, -0.2) is 36.4 Å².